The molecule has 2 heterocycles. The third-order valence-electron chi connectivity index (χ3n) is 3.26. The van der Waals surface area contributed by atoms with Crippen LogP contribution in [0.5, 0.6) is 5.75 Å². The van der Waals surface area contributed by atoms with Crippen LogP contribution in [0.4, 0.5) is 0 Å². The Balaban J connectivity index is 1.95. The molecule has 0 saturated heterocycles. The molecule has 21 heavy (non-hydrogen) atoms. The molecule has 0 bridgehead atoms. The van der Waals surface area contributed by atoms with Crippen LogP contribution in [0.25, 0.3) is 10.9 Å². The zero-order valence-corrected chi connectivity index (χ0v) is 13.7. The number of benzene rings is 1. The van der Waals surface area contributed by atoms with Crippen LogP contribution in [0, 0.1) is 0 Å². The van der Waals surface area contributed by atoms with Crippen molar-refractivity contribution in [1.82, 2.24) is 9.55 Å². The van der Waals surface area contributed by atoms with Gasteiger partial charge >= 0.3 is 0 Å². The third-order valence-corrected chi connectivity index (χ3v) is 3.73. The van der Waals surface area contributed by atoms with E-state index in [-0.39, 0.29) is 6.10 Å². The van der Waals surface area contributed by atoms with Crippen LogP contribution in [-0.4, -0.2) is 15.7 Å². The van der Waals surface area contributed by atoms with Gasteiger partial charge in [-0.25, -0.2) is 0 Å². The summed E-state index contributed by atoms with van der Waals surface area (Å²) in [7, 11) is 0. The van der Waals surface area contributed by atoms with E-state index in [1.807, 2.05) is 44.3 Å². The Morgan fingerprint density at radius 2 is 2.05 bits per heavy atom. The minimum Gasteiger partial charge on any atom is -0.490 e. The van der Waals surface area contributed by atoms with E-state index in [1.54, 1.807) is 0 Å². The zero-order chi connectivity index (χ0) is 14.8. The summed E-state index contributed by atoms with van der Waals surface area (Å²) in [6, 6.07) is 12.3. The van der Waals surface area contributed by atoms with E-state index in [0.717, 1.165) is 33.4 Å². The molecule has 2 aromatic heterocycles. The molecule has 108 valence electrons. The SMILES string of the molecule is CC(C)Oc1cccc2c1ccn2Cc1ccc(Br)cn1. The van der Waals surface area contributed by atoms with Gasteiger partial charge in [0.25, 0.3) is 0 Å². The van der Waals surface area contributed by atoms with Crippen LogP contribution in [0.3, 0.4) is 0 Å². The minimum atomic E-state index is 0.173. The van der Waals surface area contributed by atoms with Crippen molar-refractivity contribution < 1.29 is 4.74 Å². The summed E-state index contributed by atoms with van der Waals surface area (Å²) in [5.41, 5.74) is 2.20. The van der Waals surface area contributed by atoms with Gasteiger partial charge in [-0.3, -0.25) is 4.98 Å². The Morgan fingerprint density at radius 3 is 2.76 bits per heavy atom. The molecule has 0 atom stereocenters. The smallest absolute Gasteiger partial charge is 0.129 e. The van der Waals surface area contributed by atoms with Crippen molar-refractivity contribution >= 4 is 26.8 Å². The first-order valence-electron chi connectivity index (χ1n) is 6.98. The van der Waals surface area contributed by atoms with E-state index in [4.69, 9.17) is 4.74 Å². The van der Waals surface area contributed by atoms with E-state index in [1.165, 1.54) is 0 Å². The van der Waals surface area contributed by atoms with Gasteiger partial charge in [0.1, 0.15) is 5.75 Å². The van der Waals surface area contributed by atoms with E-state index >= 15 is 0 Å². The van der Waals surface area contributed by atoms with Gasteiger partial charge in [0.15, 0.2) is 0 Å². The number of rotatable bonds is 4. The van der Waals surface area contributed by atoms with Gasteiger partial charge in [-0.1, -0.05) is 6.07 Å². The summed E-state index contributed by atoms with van der Waals surface area (Å²) in [5.74, 6) is 0.935. The minimum absolute atomic E-state index is 0.173. The molecule has 0 unspecified atom stereocenters. The summed E-state index contributed by atoms with van der Waals surface area (Å²) in [6.07, 6.45) is 4.09. The standard InChI is InChI=1S/C17H17BrN2O/c1-12(2)21-17-5-3-4-16-15(17)8-9-20(16)11-14-7-6-13(18)10-19-14/h3-10,12H,11H2,1-2H3. The normalized spacial score (nSPS) is 11.2. The molecule has 3 aromatic rings. The van der Waals surface area contributed by atoms with Crippen molar-refractivity contribution in [3.05, 3.63) is 59.0 Å². The first-order chi connectivity index (χ1) is 10.1. The number of nitrogens with zero attached hydrogens (tertiary/aromatic N) is 2. The molecular formula is C17H17BrN2O. The second-order valence-electron chi connectivity index (χ2n) is 5.27. The van der Waals surface area contributed by atoms with Crippen molar-refractivity contribution in [2.45, 2.75) is 26.5 Å². The summed E-state index contributed by atoms with van der Waals surface area (Å²) >= 11 is 3.41. The Kier molecular flexibility index (Phi) is 3.97. The average Bonchev–Trinajstić information content (AvgIpc) is 2.85. The molecule has 0 amide bonds. The van der Waals surface area contributed by atoms with Crippen molar-refractivity contribution in [1.29, 1.82) is 0 Å². The molecule has 1 aromatic carbocycles. The van der Waals surface area contributed by atoms with Gasteiger partial charge in [-0.2, -0.15) is 0 Å². The van der Waals surface area contributed by atoms with E-state index in [0.29, 0.717) is 0 Å². The van der Waals surface area contributed by atoms with Gasteiger partial charge < -0.3 is 9.30 Å². The number of ether oxygens (including phenoxy) is 1. The van der Waals surface area contributed by atoms with Crippen LogP contribution in [-0.2, 0) is 6.54 Å². The van der Waals surface area contributed by atoms with Crippen LogP contribution < -0.4 is 4.74 Å². The van der Waals surface area contributed by atoms with Crippen LogP contribution in [0.1, 0.15) is 19.5 Å². The van der Waals surface area contributed by atoms with Gasteiger partial charge in [0.05, 0.1) is 23.9 Å². The summed E-state index contributed by atoms with van der Waals surface area (Å²) in [6.45, 7) is 4.84. The average molecular weight is 345 g/mol. The van der Waals surface area contributed by atoms with Crippen molar-refractivity contribution in [2.24, 2.45) is 0 Å². The molecule has 0 saturated carbocycles. The second kappa shape index (κ2) is 5.90. The summed E-state index contributed by atoms with van der Waals surface area (Å²) in [5, 5.41) is 1.14. The predicted molar refractivity (Wildman–Crippen MR) is 88.7 cm³/mol. The Labute approximate surface area is 132 Å². The molecule has 0 spiro atoms. The Bertz CT molecular complexity index is 747. The van der Waals surface area contributed by atoms with Gasteiger partial charge in [-0.05, 0) is 60.1 Å². The number of hydrogen-bond donors (Lipinski definition) is 0. The summed E-state index contributed by atoms with van der Waals surface area (Å²) in [4.78, 5) is 4.43. The maximum Gasteiger partial charge on any atom is 0.129 e. The van der Waals surface area contributed by atoms with Gasteiger partial charge in [0, 0.05) is 22.3 Å². The third kappa shape index (κ3) is 3.10. The quantitative estimate of drug-likeness (QED) is 0.689. The lowest BCUT2D eigenvalue weighted by Crippen LogP contribution is -2.05. The van der Waals surface area contributed by atoms with Crippen LogP contribution in [0.2, 0.25) is 0 Å². The fraction of sp³-hybridized carbons (Fsp3) is 0.235. The maximum absolute atomic E-state index is 5.87. The van der Waals surface area contributed by atoms with Crippen molar-refractivity contribution in [3.8, 4) is 5.75 Å². The van der Waals surface area contributed by atoms with Gasteiger partial charge in [0.2, 0.25) is 0 Å². The highest BCUT2D eigenvalue weighted by Gasteiger charge is 2.08. The van der Waals surface area contributed by atoms with Crippen molar-refractivity contribution in [3.63, 3.8) is 0 Å². The second-order valence-corrected chi connectivity index (χ2v) is 6.18. The van der Waals surface area contributed by atoms with Crippen molar-refractivity contribution in [2.75, 3.05) is 0 Å². The molecule has 0 aliphatic heterocycles. The highest BCUT2D eigenvalue weighted by molar-refractivity contribution is 9.10. The molecule has 4 heteroatoms. The molecular weight excluding hydrogens is 328 g/mol. The Morgan fingerprint density at radius 1 is 1.19 bits per heavy atom. The first-order valence-corrected chi connectivity index (χ1v) is 7.78. The fourth-order valence-corrected chi connectivity index (χ4v) is 2.60. The highest BCUT2D eigenvalue weighted by atomic mass is 79.9. The lowest BCUT2D eigenvalue weighted by atomic mass is 10.2. The molecule has 0 aliphatic rings. The molecule has 0 radical (unpaired) electrons. The van der Waals surface area contributed by atoms with E-state index in [9.17, 15) is 0 Å². The summed E-state index contributed by atoms with van der Waals surface area (Å²) < 4.78 is 9.06. The highest BCUT2D eigenvalue weighted by Crippen LogP contribution is 2.27. The van der Waals surface area contributed by atoms with Gasteiger partial charge in [-0.15, -0.1) is 0 Å². The predicted octanol–water partition coefficient (Wildman–Crippen LogP) is 4.63. The molecule has 3 nitrogen and oxygen atoms in total. The monoisotopic (exact) mass is 344 g/mol. The van der Waals surface area contributed by atoms with Crippen LogP contribution in [0.15, 0.2) is 53.3 Å². The number of fused-ring (bicyclic) bond motifs is 1. The zero-order valence-electron chi connectivity index (χ0n) is 12.1. The van der Waals surface area contributed by atoms with E-state index in [2.05, 4.69) is 43.8 Å². The van der Waals surface area contributed by atoms with Crippen LogP contribution >= 0.6 is 15.9 Å². The topological polar surface area (TPSA) is 27.1 Å². The largest absolute Gasteiger partial charge is 0.490 e. The maximum atomic E-state index is 5.87. The number of pyridine rings is 1. The number of aromatic nitrogens is 2. The first kappa shape index (κ1) is 14.1. The number of halogens is 1. The lowest BCUT2D eigenvalue weighted by Gasteiger charge is -2.11. The lowest BCUT2D eigenvalue weighted by molar-refractivity contribution is 0.245. The molecule has 0 fully saturated rings. The fourth-order valence-electron chi connectivity index (χ4n) is 2.36. The van der Waals surface area contributed by atoms with E-state index < -0.39 is 0 Å². The number of hydrogen-bond acceptors (Lipinski definition) is 2. The molecule has 0 N–H and O–H groups in total. The molecule has 0 aliphatic carbocycles. The molecule has 3 rings (SSSR count). The Hall–Kier alpha value is -1.81.